The second kappa shape index (κ2) is 9.40. The molecule has 1 aliphatic heterocycles. The zero-order valence-electron chi connectivity index (χ0n) is 18.3. The molecule has 5 rings (SSSR count). The maximum absolute atomic E-state index is 13.1. The Morgan fingerprint density at radius 3 is 2.29 bits per heavy atom. The first-order valence-corrected chi connectivity index (χ1v) is 11.9. The number of benzene rings is 3. The number of amides is 2. The topological polar surface area (TPSA) is 85.5 Å². The number of hydrogen-bond donors (Lipinski definition) is 0. The van der Waals surface area contributed by atoms with Gasteiger partial charge in [0.1, 0.15) is 0 Å². The van der Waals surface area contributed by atoms with Gasteiger partial charge in [0.15, 0.2) is 0 Å². The summed E-state index contributed by atoms with van der Waals surface area (Å²) in [5.41, 5.74) is 3.54. The van der Waals surface area contributed by atoms with E-state index in [2.05, 4.69) is 4.57 Å². The summed E-state index contributed by atoms with van der Waals surface area (Å²) in [5, 5.41) is 12.1. The summed E-state index contributed by atoms with van der Waals surface area (Å²) in [7, 11) is 0. The van der Waals surface area contributed by atoms with Gasteiger partial charge < -0.3 is 4.57 Å². The number of thioether (sulfide) groups is 1. The fourth-order valence-corrected chi connectivity index (χ4v) is 4.95. The van der Waals surface area contributed by atoms with Gasteiger partial charge in [0, 0.05) is 46.4 Å². The highest BCUT2D eigenvalue weighted by molar-refractivity contribution is 8.18. The molecule has 0 unspecified atom stereocenters. The normalized spacial score (nSPS) is 14.9. The number of halogens is 1. The molecule has 3 aromatic carbocycles. The van der Waals surface area contributed by atoms with E-state index in [0.717, 1.165) is 38.7 Å². The lowest BCUT2D eigenvalue weighted by Gasteiger charge is -2.12. The van der Waals surface area contributed by atoms with Gasteiger partial charge in [0.25, 0.3) is 16.8 Å². The van der Waals surface area contributed by atoms with E-state index in [-0.39, 0.29) is 23.4 Å². The molecule has 0 spiro atoms. The molecule has 174 valence electrons. The van der Waals surface area contributed by atoms with Crippen LogP contribution in [0.4, 0.5) is 10.5 Å². The zero-order chi connectivity index (χ0) is 24.5. The van der Waals surface area contributed by atoms with Gasteiger partial charge in [-0.3, -0.25) is 24.6 Å². The molecule has 4 aromatic rings. The predicted molar refractivity (Wildman–Crippen MR) is 137 cm³/mol. The molecule has 7 nitrogen and oxygen atoms in total. The van der Waals surface area contributed by atoms with E-state index in [1.165, 1.54) is 12.1 Å². The van der Waals surface area contributed by atoms with Crippen LogP contribution in [0.15, 0.2) is 83.9 Å². The highest BCUT2D eigenvalue weighted by Gasteiger charge is 2.35. The van der Waals surface area contributed by atoms with Crippen LogP contribution in [0, 0.1) is 10.1 Å². The van der Waals surface area contributed by atoms with Crippen molar-refractivity contribution in [3.05, 3.63) is 116 Å². The summed E-state index contributed by atoms with van der Waals surface area (Å²) in [4.78, 5) is 37.5. The molecule has 1 aliphatic rings. The zero-order valence-corrected chi connectivity index (χ0v) is 19.8. The summed E-state index contributed by atoms with van der Waals surface area (Å²) < 4.78 is 2.10. The van der Waals surface area contributed by atoms with E-state index in [1.54, 1.807) is 18.2 Å². The Hall–Kier alpha value is -3.88. The molecule has 0 saturated carbocycles. The van der Waals surface area contributed by atoms with E-state index in [1.807, 2.05) is 54.7 Å². The lowest BCUT2D eigenvalue weighted by molar-refractivity contribution is -0.384. The number of nitro groups is 1. The van der Waals surface area contributed by atoms with Crippen LogP contribution in [0.1, 0.15) is 16.7 Å². The molecule has 1 aromatic heterocycles. The summed E-state index contributed by atoms with van der Waals surface area (Å²) >= 11 is 6.90. The Morgan fingerprint density at radius 2 is 1.57 bits per heavy atom. The summed E-state index contributed by atoms with van der Waals surface area (Å²) in [6, 6.07) is 21.4. The van der Waals surface area contributed by atoms with Gasteiger partial charge in [-0.1, -0.05) is 54.1 Å². The first-order chi connectivity index (χ1) is 16.9. The van der Waals surface area contributed by atoms with Crippen LogP contribution in [0.5, 0.6) is 0 Å². The number of carbonyl (C=O) groups excluding carboxylic acids is 2. The van der Waals surface area contributed by atoms with Crippen molar-refractivity contribution in [2.45, 2.75) is 13.1 Å². The Balaban J connectivity index is 1.42. The average molecular weight is 504 g/mol. The van der Waals surface area contributed by atoms with Gasteiger partial charge >= 0.3 is 0 Å². The van der Waals surface area contributed by atoms with Gasteiger partial charge in [-0.25, -0.2) is 0 Å². The average Bonchev–Trinajstić information content (AvgIpc) is 3.33. The summed E-state index contributed by atoms with van der Waals surface area (Å²) in [6.45, 7) is 0.686. The number of nitrogens with zero attached hydrogens (tertiary/aromatic N) is 3. The number of fused-ring (bicyclic) bond motifs is 1. The first kappa shape index (κ1) is 22.9. The molecular weight excluding hydrogens is 486 g/mol. The Labute approximate surface area is 209 Å². The molecule has 2 heterocycles. The standard InChI is InChI=1S/C26H18ClN3O4S/c27-20-9-5-17(6-10-20)14-28-16-19(22-3-1-2-4-23(22)28)13-24-25(31)29(26(32)35-24)15-18-7-11-21(12-8-18)30(33)34/h1-13,16H,14-15H2/b24-13-. The van der Waals surface area contributed by atoms with E-state index < -0.39 is 4.92 Å². The van der Waals surface area contributed by atoms with Crippen molar-refractivity contribution < 1.29 is 14.5 Å². The van der Waals surface area contributed by atoms with Crippen LogP contribution in [-0.2, 0) is 17.9 Å². The lowest BCUT2D eigenvalue weighted by Crippen LogP contribution is -2.27. The fourth-order valence-electron chi connectivity index (χ4n) is 3.99. The molecular formula is C26H18ClN3O4S. The van der Waals surface area contributed by atoms with E-state index in [4.69, 9.17) is 11.6 Å². The largest absolute Gasteiger partial charge is 0.342 e. The second-order valence-electron chi connectivity index (χ2n) is 8.05. The lowest BCUT2D eigenvalue weighted by atomic mass is 10.1. The van der Waals surface area contributed by atoms with Crippen LogP contribution in [0.3, 0.4) is 0 Å². The van der Waals surface area contributed by atoms with Gasteiger partial charge in [0.05, 0.1) is 16.4 Å². The molecule has 1 saturated heterocycles. The first-order valence-electron chi connectivity index (χ1n) is 10.7. The minimum Gasteiger partial charge on any atom is -0.342 e. The quantitative estimate of drug-likeness (QED) is 0.170. The predicted octanol–water partition coefficient (Wildman–Crippen LogP) is 6.49. The Kier molecular flexibility index (Phi) is 6.15. The van der Waals surface area contributed by atoms with E-state index in [0.29, 0.717) is 22.0 Å². The minimum absolute atomic E-state index is 0.0437. The number of non-ortho nitro benzene ring substituents is 1. The third kappa shape index (κ3) is 4.71. The maximum Gasteiger partial charge on any atom is 0.293 e. The molecule has 2 amide bonds. The molecule has 0 atom stereocenters. The van der Waals surface area contributed by atoms with Crippen molar-refractivity contribution in [1.29, 1.82) is 0 Å². The number of nitro benzene ring substituents is 1. The number of aromatic nitrogens is 1. The molecule has 1 fully saturated rings. The minimum atomic E-state index is -0.490. The molecule has 35 heavy (non-hydrogen) atoms. The molecule has 0 radical (unpaired) electrons. The fraction of sp³-hybridized carbons (Fsp3) is 0.0769. The highest BCUT2D eigenvalue weighted by atomic mass is 35.5. The Bertz CT molecular complexity index is 1490. The van der Waals surface area contributed by atoms with Crippen LogP contribution in [0.25, 0.3) is 17.0 Å². The molecule has 0 bridgehead atoms. The maximum atomic E-state index is 13.1. The second-order valence-corrected chi connectivity index (χ2v) is 9.48. The number of carbonyl (C=O) groups is 2. The van der Waals surface area contributed by atoms with Gasteiger partial charge in [-0.15, -0.1) is 0 Å². The van der Waals surface area contributed by atoms with Gasteiger partial charge in [-0.2, -0.15) is 0 Å². The van der Waals surface area contributed by atoms with Crippen molar-refractivity contribution in [2.75, 3.05) is 0 Å². The van der Waals surface area contributed by atoms with Crippen LogP contribution in [0.2, 0.25) is 5.02 Å². The highest BCUT2D eigenvalue weighted by Crippen LogP contribution is 2.35. The number of hydrogen-bond acceptors (Lipinski definition) is 5. The molecule has 9 heteroatoms. The van der Waals surface area contributed by atoms with Crippen molar-refractivity contribution in [3.8, 4) is 0 Å². The summed E-state index contributed by atoms with van der Waals surface area (Å²) in [5.74, 6) is -0.382. The van der Waals surface area contributed by atoms with Crippen molar-refractivity contribution in [3.63, 3.8) is 0 Å². The van der Waals surface area contributed by atoms with Crippen LogP contribution in [-0.4, -0.2) is 25.5 Å². The third-order valence-electron chi connectivity index (χ3n) is 5.73. The van der Waals surface area contributed by atoms with Crippen LogP contribution >= 0.6 is 23.4 Å². The molecule has 0 N–H and O–H groups in total. The smallest absolute Gasteiger partial charge is 0.293 e. The van der Waals surface area contributed by atoms with Crippen molar-refractivity contribution in [2.24, 2.45) is 0 Å². The number of para-hydroxylation sites is 1. The molecule has 0 aliphatic carbocycles. The van der Waals surface area contributed by atoms with Crippen molar-refractivity contribution >= 4 is 57.2 Å². The van der Waals surface area contributed by atoms with Gasteiger partial charge in [0.2, 0.25) is 0 Å². The van der Waals surface area contributed by atoms with Crippen molar-refractivity contribution in [1.82, 2.24) is 9.47 Å². The van der Waals surface area contributed by atoms with E-state index in [9.17, 15) is 19.7 Å². The number of imide groups is 1. The summed E-state index contributed by atoms with van der Waals surface area (Å²) in [6.07, 6.45) is 3.73. The Morgan fingerprint density at radius 1 is 0.914 bits per heavy atom. The van der Waals surface area contributed by atoms with Crippen LogP contribution < -0.4 is 0 Å². The van der Waals surface area contributed by atoms with Gasteiger partial charge in [-0.05, 0) is 47.2 Å². The SMILES string of the molecule is O=C1S/C(=C\c2cn(Cc3ccc(Cl)cc3)c3ccccc23)C(=O)N1Cc1ccc([N+](=O)[O-])cc1. The third-order valence-corrected chi connectivity index (χ3v) is 6.89. The monoisotopic (exact) mass is 503 g/mol. The van der Waals surface area contributed by atoms with E-state index >= 15 is 0 Å². The number of rotatable bonds is 6.